The number of aromatic carboxylic acids is 1. The second-order valence-electron chi connectivity index (χ2n) is 4.06. The van der Waals surface area contributed by atoms with Crippen molar-refractivity contribution in [2.45, 2.75) is 6.42 Å². The maximum Gasteiger partial charge on any atom is 0.335 e. The molecule has 0 saturated carbocycles. The standard InChI is InChI=1S/C12H12BrN5O3/c13-8-5-7(11(19)20)1-2-9(8)17-12(21)14-4-3-10-15-6-16-18-10/h1-2,5-6H,3-4H2,(H,19,20)(H2,14,17,21)(H,15,16,18). The molecule has 2 aromatic rings. The molecule has 2 rings (SSSR count). The van der Waals surface area contributed by atoms with Crippen molar-refractivity contribution < 1.29 is 14.7 Å². The number of hydrogen-bond acceptors (Lipinski definition) is 4. The third-order valence-corrected chi connectivity index (χ3v) is 3.23. The number of rotatable bonds is 5. The van der Waals surface area contributed by atoms with E-state index in [0.717, 1.165) is 0 Å². The van der Waals surface area contributed by atoms with Crippen LogP contribution in [0.1, 0.15) is 16.2 Å². The van der Waals surface area contributed by atoms with Crippen LogP contribution in [0.5, 0.6) is 0 Å². The molecule has 0 bridgehead atoms. The smallest absolute Gasteiger partial charge is 0.335 e. The van der Waals surface area contributed by atoms with Gasteiger partial charge in [0.1, 0.15) is 12.2 Å². The summed E-state index contributed by atoms with van der Waals surface area (Å²) in [5, 5.41) is 20.5. The van der Waals surface area contributed by atoms with Crippen molar-refractivity contribution in [1.82, 2.24) is 20.5 Å². The summed E-state index contributed by atoms with van der Waals surface area (Å²) in [6, 6.07) is 3.96. The Hall–Kier alpha value is -2.42. The maximum atomic E-state index is 11.7. The summed E-state index contributed by atoms with van der Waals surface area (Å²) in [7, 11) is 0. The highest BCUT2D eigenvalue weighted by Gasteiger charge is 2.09. The first-order valence-corrected chi connectivity index (χ1v) is 6.77. The first-order chi connectivity index (χ1) is 10.1. The molecule has 0 aliphatic rings. The third-order valence-electron chi connectivity index (χ3n) is 2.58. The zero-order valence-corrected chi connectivity index (χ0v) is 12.3. The lowest BCUT2D eigenvalue weighted by Crippen LogP contribution is -2.30. The lowest BCUT2D eigenvalue weighted by Gasteiger charge is -2.09. The van der Waals surface area contributed by atoms with Gasteiger partial charge in [0, 0.05) is 17.4 Å². The van der Waals surface area contributed by atoms with E-state index >= 15 is 0 Å². The molecular formula is C12H12BrN5O3. The van der Waals surface area contributed by atoms with Crippen LogP contribution in [0.25, 0.3) is 0 Å². The van der Waals surface area contributed by atoms with Crippen LogP contribution in [0.15, 0.2) is 29.0 Å². The summed E-state index contributed by atoms with van der Waals surface area (Å²) in [5.74, 6) is -0.346. The van der Waals surface area contributed by atoms with E-state index in [1.165, 1.54) is 24.5 Å². The number of carboxylic acids is 1. The molecule has 2 amide bonds. The van der Waals surface area contributed by atoms with Gasteiger partial charge in [-0.2, -0.15) is 5.10 Å². The Bertz CT molecular complexity index is 644. The van der Waals surface area contributed by atoms with Crippen molar-refractivity contribution in [3.63, 3.8) is 0 Å². The molecule has 21 heavy (non-hydrogen) atoms. The Labute approximate surface area is 128 Å². The van der Waals surface area contributed by atoms with Gasteiger partial charge in [0.15, 0.2) is 0 Å². The van der Waals surface area contributed by atoms with Gasteiger partial charge in [0.25, 0.3) is 0 Å². The molecule has 0 radical (unpaired) electrons. The Morgan fingerprint density at radius 2 is 2.19 bits per heavy atom. The zero-order valence-electron chi connectivity index (χ0n) is 10.8. The predicted octanol–water partition coefficient (Wildman–Crippen LogP) is 1.63. The van der Waals surface area contributed by atoms with Crippen LogP contribution in [0.4, 0.5) is 10.5 Å². The average molecular weight is 354 g/mol. The molecule has 0 fully saturated rings. The molecule has 9 heteroatoms. The summed E-state index contributed by atoms with van der Waals surface area (Å²) in [5.41, 5.74) is 0.621. The number of aromatic nitrogens is 3. The summed E-state index contributed by atoms with van der Waals surface area (Å²) in [6.45, 7) is 0.395. The van der Waals surface area contributed by atoms with Crippen LogP contribution in [0, 0.1) is 0 Å². The van der Waals surface area contributed by atoms with Gasteiger partial charge in [-0.1, -0.05) is 0 Å². The van der Waals surface area contributed by atoms with Crippen molar-refractivity contribution in [2.24, 2.45) is 0 Å². The Balaban J connectivity index is 1.86. The van der Waals surface area contributed by atoms with Crippen molar-refractivity contribution >= 4 is 33.6 Å². The highest BCUT2D eigenvalue weighted by molar-refractivity contribution is 9.10. The first kappa shape index (κ1) is 15.0. The monoisotopic (exact) mass is 353 g/mol. The van der Waals surface area contributed by atoms with Crippen LogP contribution in [0.2, 0.25) is 0 Å². The van der Waals surface area contributed by atoms with E-state index in [9.17, 15) is 9.59 Å². The molecule has 1 heterocycles. The molecule has 110 valence electrons. The van der Waals surface area contributed by atoms with Crippen LogP contribution in [0.3, 0.4) is 0 Å². The second-order valence-corrected chi connectivity index (χ2v) is 4.92. The summed E-state index contributed by atoms with van der Waals surface area (Å²) in [4.78, 5) is 26.4. The minimum Gasteiger partial charge on any atom is -0.478 e. The fraction of sp³-hybridized carbons (Fsp3) is 0.167. The summed E-state index contributed by atoms with van der Waals surface area (Å²) in [6.07, 6.45) is 1.93. The molecule has 0 saturated heterocycles. The largest absolute Gasteiger partial charge is 0.478 e. The van der Waals surface area contributed by atoms with Crippen LogP contribution in [-0.4, -0.2) is 38.8 Å². The highest BCUT2D eigenvalue weighted by Crippen LogP contribution is 2.23. The van der Waals surface area contributed by atoms with Gasteiger partial charge in [0.05, 0.1) is 11.3 Å². The van der Waals surface area contributed by atoms with E-state index in [0.29, 0.717) is 29.0 Å². The summed E-state index contributed by atoms with van der Waals surface area (Å²) < 4.78 is 0.493. The SMILES string of the molecule is O=C(NCCc1ncn[nH]1)Nc1ccc(C(=O)O)cc1Br. The number of anilines is 1. The topological polar surface area (TPSA) is 120 Å². The van der Waals surface area contributed by atoms with Crippen molar-refractivity contribution in [3.8, 4) is 0 Å². The lowest BCUT2D eigenvalue weighted by molar-refractivity contribution is 0.0697. The molecule has 0 aliphatic carbocycles. The van der Waals surface area contributed by atoms with Gasteiger partial charge < -0.3 is 15.7 Å². The van der Waals surface area contributed by atoms with E-state index in [1.54, 1.807) is 0 Å². The van der Waals surface area contributed by atoms with E-state index in [4.69, 9.17) is 5.11 Å². The predicted molar refractivity (Wildman–Crippen MR) is 78.2 cm³/mol. The number of carbonyl (C=O) groups excluding carboxylic acids is 1. The van der Waals surface area contributed by atoms with E-state index in [1.807, 2.05) is 0 Å². The minimum atomic E-state index is -1.03. The molecular weight excluding hydrogens is 342 g/mol. The highest BCUT2D eigenvalue weighted by atomic mass is 79.9. The number of benzene rings is 1. The third kappa shape index (κ3) is 4.28. The fourth-order valence-electron chi connectivity index (χ4n) is 1.56. The molecule has 0 unspecified atom stereocenters. The number of nitrogens with one attached hydrogen (secondary N) is 3. The molecule has 0 atom stereocenters. The van der Waals surface area contributed by atoms with E-state index < -0.39 is 12.0 Å². The number of urea groups is 1. The molecule has 4 N–H and O–H groups in total. The zero-order chi connectivity index (χ0) is 15.2. The van der Waals surface area contributed by atoms with Gasteiger partial charge in [-0.3, -0.25) is 5.10 Å². The number of nitrogens with zero attached hydrogens (tertiary/aromatic N) is 2. The molecule has 1 aromatic heterocycles. The Morgan fingerprint density at radius 3 is 2.81 bits per heavy atom. The number of H-pyrrole nitrogens is 1. The van der Waals surface area contributed by atoms with Crippen molar-refractivity contribution in [1.29, 1.82) is 0 Å². The van der Waals surface area contributed by atoms with E-state index in [-0.39, 0.29) is 5.56 Å². The fourth-order valence-corrected chi connectivity index (χ4v) is 2.04. The van der Waals surface area contributed by atoms with Gasteiger partial charge >= 0.3 is 12.0 Å². The minimum absolute atomic E-state index is 0.137. The van der Waals surface area contributed by atoms with E-state index in [2.05, 4.69) is 41.7 Å². The number of hydrogen-bond donors (Lipinski definition) is 4. The Morgan fingerprint density at radius 1 is 1.38 bits per heavy atom. The number of aromatic amines is 1. The molecule has 0 spiro atoms. The van der Waals surface area contributed by atoms with Gasteiger partial charge in [-0.15, -0.1) is 0 Å². The number of amides is 2. The van der Waals surface area contributed by atoms with Crippen molar-refractivity contribution in [3.05, 3.63) is 40.4 Å². The maximum absolute atomic E-state index is 11.7. The average Bonchev–Trinajstić information content (AvgIpc) is 2.94. The van der Waals surface area contributed by atoms with Gasteiger partial charge in [-0.25, -0.2) is 14.6 Å². The quantitative estimate of drug-likeness (QED) is 0.651. The van der Waals surface area contributed by atoms with Crippen LogP contribution >= 0.6 is 15.9 Å². The first-order valence-electron chi connectivity index (χ1n) is 5.98. The number of halogens is 1. The number of carboxylic acid groups (broad SMARTS) is 1. The second kappa shape index (κ2) is 6.84. The van der Waals surface area contributed by atoms with Crippen LogP contribution < -0.4 is 10.6 Å². The van der Waals surface area contributed by atoms with Crippen molar-refractivity contribution in [2.75, 3.05) is 11.9 Å². The number of carbonyl (C=O) groups is 2. The van der Waals surface area contributed by atoms with Crippen LogP contribution in [-0.2, 0) is 6.42 Å². The normalized spacial score (nSPS) is 10.1. The molecule has 0 aliphatic heterocycles. The van der Waals surface area contributed by atoms with Gasteiger partial charge in [0.2, 0.25) is 0 Å². The summed E-state index contributed by atoms with van der Waals surface area (Å²) >= 11 is 3.21. The molecule has 1 aromatic carbocycles. The molecule has 8 nitrogen and oxygen atoms in total. The Kier molecular flexibility index (Phi) is 4.88. The van der Waals surface area contributed by atoms with Gasteiger partial charge in [-0.05, 0) is 34.1 Å². The lowest BCUT2D eigenvalue weighted by atomic mass is 10.2.